The molecule has 0 aliphatic heterocycles. The van der Waals surface area contributed by atoms with E-state index in [2.05, 4.69) is 182 Å². The molecule has 1 aliphatic rings. The van der Waals surface area contributed by atoms with Gasteiger partial charge in [0.2, 0.25) is 0 Å². The molecule has 52 heavy (non-hydrogen) atoms. The maximum absolute atomic E-state index is 6.33. The molecule has 0 atom stereocenters. The first-order valence-electron chi connectivity index (χ1n) is 18.0. The molecular formula is C50H41NO. The number of allylic oxidation sites excluding steroid dienone is 6. The summed E-state index contributed by atoms with van der Waals surface area (Å²) in [7, 11) is 0. The third-order valence-electron chi connectivity index (χ3n) is 10.1. The summed E-state index contributed by atoms with van der Waals surface area (Å²) < 4.78 is 6.33. The van der Waals surface area contributed by atoms with Crippen LogP contribution in [-0.2, 0) is 6.42 Å². The van der Waals surface area contributed by atoms with Gasteiger partial charge in [-0.05, 0) is 120 Å². The highest BCUT2D eigenvalue weighted by Crippen LogP contribution is 2.41. The first-order valence-corrected chi connectivity index (χ1v) is 18.0. The fraction of sp³-hybridized carbons (Fsp3) is 0.0800. The summed E-state index contributed by atoms with van der Waals surface area (Å²) in [6.07, 6.45) is 11.4. The Labute approximate surface area is 307 Å². The molecule has 6 aromatic carbocycles. The van der Waals surface area contributed by atoms with Gasteiger partial charge in [0.15, 0.2) is 0 Å². The van der Waals surface area contributed by atoms with Crippen LogP contribution in [0.2, 0.25) is 0 Å². The zero-order valence-corrected chi connectivity index (χ0v) is 29.9. The summed E-state index contributed by atoms with van der Waals surface area (Å²) >= 11 is 0. The van der Waals surface area contributed by atoms with Gasteiger partial charge in [-0.3, -0.25) is 0 Å². The summed E-state index contributed by atoms with van der Waals surface area (Å²) in [6.45, 7) is 10.2. The Morgan fingerprint density at radius 2 is 1.15 bits per heavy atom. The second-order valence-corrected chi connectivity index (χ2v) is 13.3. The van der Waals surface area contributed by atoms with Crippen molar-refractivity contribution in [3.05, 3.63) is 198 Å². The minimum absolute atomic E-state index is 0.922. The van der Waals surface area contributed by atoms with Gasteiger partial charge >= 0.3 is 0 Å². The zero-order valence-electron chi connectivity index (χ0n) is 29.9. The highest BCUT2D eigenvalue weighted by molar-refractivity contribution is 5.98. The largest absolute Gasteiger partial charge is 0.460 e. The maximum Gasteiger partial charge on any atom is 0.142 e. The van der Waals surface area contributed by atoms with Gasteiger partial charge in [-0.1, -0.05) is 134 Å². The van der Waals surface area contributed by atoms with Crippen molar-refractivity contribution in [1.29, 1.82) is 0 Å². The summed E-state index contributed by atoms with van der Waals surface area (Å²) in [5, 5.41) is 1.14. The molecule has 0 saturated heterocycles. The summed E-state index contributed by atoms with van der Waals surface area (Å²) in [4.78, 5) is 2.33. The third-order valence-corrected chi connectivity index (χ3v) is 10.1. The van der Waals surface area contributed by atoms with Crippen molar-refractivity contribution in [2.45, 2.75) is 27.2 Å². The summed E-state index contributed by atoms with van der Waals surface area (Å²) in [6, 6.07) is 50.4. The number of rotatable bonds is 9. The standard InChI is InChI=1S/C50H41NO/c1-5-12-45-34(4)52-50-47(16-11-17-48(45)50)39-24-30-44(31-25-39)51(42-26-20-37(21-27-42)36-14-9-8-10-15-36)43-28-22-38(23-29-43)40-18-19-41-32-35(7-3)46(13-6-2)49(41)33-40/h5-31,33H,3,32H2,1-2,4H3/b12-5-,13-6-. The topological polar surface area (TPSA) is 16.4 Å². The molecule has 0 unspecified atom stereocenters. The van der Waals surface area contributed by atoms with Crippen LogP contribution in [0.25, 0.3) is 56.0 Å². The molecule has 2 nitrogen and oxygen atoms in total. The van der Waals surface area contributed by atoms with Crippen LogP contribution < -0.4 is 4.90 Å². The number of benzene rings is 6. The van der Waals surface area contributed by atoms with Crippen molar-refractivity contribution in [2.24, 2.45) is 0 Å². The van der Waals surface area contributed by atoms with Crippen LogP contribution in [0.5, 0.6) is 0 Å². The van der Waals surface area contributed by atoms with Crippen LogP contribution in [0.1, 0.15) is 36.3 Å². The molecule has 8 rings (SSSR count). The first-order chi connectivity index (χ1) is 25.6. The van der Waals surface area contributed by atoms with Gasteiger partial charge in [-0.15, -0.1) is 0 Å². The van der Waals surface area contributed by atoms with Gasteiger partial charge in [0.05, 0.1) is 0 Å². The fourth-order valence-electron chi connectivity index (χ4n) is 7.51. The minimum atomic E-state index is 0.922. The van der Waals surface area contributed by atoms with E-state index in [9.17, 15) is 0 Å². The lowest BCUT2D eigenvalue weighted by Gasteiger charge is -2.26. The minimum Gasteiger partial charge on any atom is -0.460 e. The van der Waals surface area contributed by atoms with Gasteiger partial charge in [0.25, 0.3) is 0 Å². The van der Waals surface area contributed by atoms with E-state index in [0.717, 1.165) is 56.9 Å². The Balaban J connectivity index is 1.17. The Morgan fingerprint density at radius 3 is 1.77 bits per heavy atom. The average molecular weight is 672 g/mol. The molecule has 0 bridgehead atoms. The molecule has 0 spiro atoms. The quantitative estimate of drug-likeness (QED) is 0.152. The third kappa shape index (κ3) is 6.03. The van der Waals surface area contributed by atoms with Crippen molar-refractivity contribution in [3.8, 4) is 33.4 Å². The van der Waals surface area contributed by atoms with E-state index in [1.807, 2.05) is 19.9 Å². The molecule has 0 radical (unpaired) electrons. The first kappa shape index (κ1) is 32.8. The molecule has 2 heteroatoms. The number of hydrogen-bond donors (Lipinski definition) is 0. The van der Waals surface area contributed by atoms with Crippen molar-refractivity contribution in [2.75, 3.05) is 4.90 Å². The highest BCUT2D eigenvalue weighted by Gasteiger charge is 2.20. The molecule has 0 N–H and O–H groups in total. The van der Waals surface area contributed by atoms with E-state index in [-0.39, 0.29) is 0 Å². The molecule has 252 valence electrons. The molecule has 1 aromatic heterocycles. The maximum atomic E-state index is 6.33. The number of para-hydroxylation sites is 1. The van der Waals surface area contributed by atoms with Crippen LogP contribution in [0, 0.1) is 6.92 Å². The Bertz CT molecular complexity index is 2490. The van der Waals surface area contributed by atoms with Gasteiger partial charge in [0, 0.05) is 33.6 Å². The number of fused-ring (bicyclic) bond motifs is 2. The van der Waals surface area contributed by atoms with Gasteiger partial charge in [0.1, 0.15) is 11.3 Å². The predicted molar refractivity (Wildman–Crippen MR) is 222 cm³/mol. The monoisotopic (exact) mass is 671 g/mol. The molecule has 7 aromatic rings. The van der Waals surface area contributed by atoms with Crippen LogP contribution in [-0.4, -0.2) is 0 Å². The van der Waals surface area contributed by atoms with Crippen molar-refractivity contribution in [1.82, 2.24) is 0 Å². The van der Waals surface area contributed by atoms with E-state index in [4.69, 9.17) is 4.42 Å². The van der Waals surface area contributed by atoms with E-state index in [1.54, 1.807) is 0 Å². The zero-order chi connectivity index (χ0) is 35.6. The summed E-state index contributed by atoms with van der Waals surface area (Å²) in [5.41, 5.74) is 17.5. The number of hydrogen-bond acceptors (Lipinski definition) is 2. The number of furan rings is 1. The summed E-state index contributed by atoms with van der Waals surface area (Å²) in [5.74, 6) is 0.932. The second-order valence-electron chi connectivity index (χ2n) is 13.3. The average Bonchev–Trinajstić information content (AvgIpc) is 3.72. The molecule has 0 amide bonds. The Morgan fingerprint density at radius 1 is 0.577 bits per heavy atom. The molecule has 0 saturated carbocycles. The number of nitrogens with zero attached hydrogens (tertiary/aromatic N) is 1. The van der Waals surface area contributed by atoms with Crippen molar-refractivity contribution < 1.29 is 4.42 Å². The number of anilines is 3. The molecule has 1 heterocycles. The highest BCUT2D eigenvalue weighted by atomic mass is 16.3. The smallest absolute Gasteiger partial charge is 0.142 e. The van der Waals surface area contributed by atoms with Crippen LogP contribution in [0.3, 0.4) is 0 Å². The number of aryl methyl sites for hydroxylation is 1. The predicted octanol–water partition coefficient (Wildman–Crippen LogP) is 14.3. The van der Waals surface area contributed by atoms with E-state index < -0.39 is 0 Å². The van der Waals surface area contributed by atoms with E-state index in [1.165, 1.54) is 44.5 Å². The molecule has 0 fully saturated rings. The van der Waals surface area contributed by atoms with E-state index >= 15 is 0 Å². The van der Waals surface area contributed by atoms with Gasteiger partial charge in [-0.25, -0.2) is 0 Å². The lowest BCUT2D eigenvalue weighted by molar-refractivity contribution is 0.578. The normalized spacial score (nSPS) is 12.7. The second kappa shape index (κ2) is 14.1. The van der Waals surface area contributed by atoms with Crippen LogP contribution >= 0.6 is 0 Å². The lowest BCUT2D eigenvalue weighted by atomic mass is 9.97. The van der Waals surface area contributed by atoms with Crippen molar-refractivity contribution >= 4 is 39.7 Å². The molecular weight excluding hydrogens is 631 g/mol. The Hall–Kier alpha value is -6.38. The van der Waals surface area contributed by atoms with Crippen LogP contribution in [0.4, 0.5) is 17.1 Å². The van der Waals surface area contributed by atoms with Gasteiger partial charge < -0.3 is 9.32 Å². The fourth-order valence-corrected chi connectivity index (χ4v) is 7.51. The SMILES string of the molecule is C=CC1=C(/C=C\C)c2cc(-c3ccc(N(c4ccc(-c5ccccc5)cc4)c4ccc(-c5cccc6c(/C=C\C)c(C)oc56)cc4)cc3)ccc2C1. The van der Waals surface area contributed by atoms with Gasteiger partial charge in [-0.2, -0.15) is 0 Å². The van der Waals surface area contributed by atoms with E-state index in [0.29, 0.717) is 0 Å². The van der Waals surface area contributed by atoms with Crippen molar-refractivity contribution in [3.63, 3.8) is 0 Å². The Kier molecular flexibility index (Phi) is 8.89. The van der Waals surface area contributed by atoms with Crippen LogP contribution in [0.15, 0.2) is 180 Å². The lowest BCUT2D eigenvalue weighted by Crippen LogP contribution is -2.09. The molecule has 1 aliphatic carbocycles.